The van der Waals surface area contributed by atoms with E-state index in [1.165, 1.54) is 23.5 Å². The van der Waals surface area contributed by atoms with Gasteiger partial charge in [-0.2, -0.15) is 0 Å². The second-order valence-electron chi connectivity index (χ2n) is 10.6. The molecular weight excluding hydrogens is 593 g/mol. The number of amidine groups is 1. The molecule has 11 heteroatoms. The summed E-state index contributed by atoms with van der Waals surface area (Å²) in [6.45, 7) is 0. The van der Waals surface area contributed by atoms with E-state index in [1.807, 2.05) is 36.4 Å². The van der Waals surface area contributed by atoms with Crippen LogP contribution in [0.3, 0.4) is 0 Å². The number of carbonyl (C=O) groups is 1. The van der Waals surface area contributed by atoms with E-state index < -0.39 is 16.1 Å². The van der Waals surface area contributed by atoms with Crippen LogP contribution in [0.5, 0.6) is 0 Å². The van der Waals surface area contributed by atoms with Gasteiger partial charge in [-0.25, -0.2) is 18.1 Å². The molecule has 6 rings (SSSR count). The highest BCUT2D eigenvalue weighted by molar-refractivity contribution is 7.89. The van der Waals surface area contributed by atoms with Crippen LogP contribution in [-0.4, -0.2) is 31.4 Å². The number of hydrogen-bond acceptors (Lipinski definition) is 7. The predicted octanol–water partition coefficient (Wildman–Crippen LogP) is 5.79. The van der Waals surface area contributed by atoms with E-state index in [4.69, 9.17) is 16.1 Å². The summed E-state index contributed by atoms with van der Waals surface area (Å²) in [5.74, 6) is -0.358. The van der Waals surface area contributed by atoms with Crippen molar-refractivity contribution in [2.24, 2.45) is 10.7 Å². The molecule has 2 heterocycles. The first kappa shape index (κ1) is 29.4. The molecule has 0 spiro atoms. The standard InChI is InChI=1S/C33H30N6O3S2/c34-31(35)23-10-6-8-21(16-23)17-29(33-38-27-13-3-4-14-30(27)43-33)39-44(41,42)26-12-7-11-25(20-26)37-32(40)24-18-22-9-2-1-5-15-36-28(22)19-24/h1,3-8,10-16,19-20,29,39H,2,9,17-18H2,(H3,34,35)(H,37,40)/b5-1-,36-15?. The summed E-state index contributed by atoms with van der Waals surface area (Å²) in [5, 5.41) is 11.3. The zero-order valence-electron chi connectivity index (χ0n) is 23.7. The van der Waals surface area contributed by atoms with E-state index in [9.17, 15) is 13.2 Å². The summed E-state index contributed by atoms with van der Waals surface area (Å²) < 4.78 is 31.4. The molecule has 0 saturated carbocycles. The number of fused-ring (bicyclic) bond motifs is 1. The molecule has 1 aromatic heterocycles. The Morgan fingerprint density at radius 2 is 1.91 bits per heavy atom. The molecule has 4 aromatic rings. The molecule has 5 N–H and O–H groups in total. The Morgan fingerprint density at radius 1 is 1.07 bits per heavy atom. The third-order valence-corrected chi connectivity index (χ3v) is 10.0. The van der Waals surface area contributed by atoms with Gasteiger partial charge < -0.3 is 11.1 Å². The van der Waals surface area contributed by atoms with Crippen molar-refractivity contribution in [2.75, 3.05) is 5.32 Å². The molecule has 3 aromatic carbocycles. The van der Waals surface area contributed by atoms with Crippen LogP contribution in [0.4, 0.5) is 5.69 Å². The lowest BCUT2D eigenvalue weighted by atomic mass is 10.0. The van der Waals surface area contributed by atoms with Crippen LogP contribution in [0.25, 0.3) is 10.2 Å². The Bertz CT molecular complexity index is 1970. The Kier molecular flexibility index (Phi) is 8.34. The summed E-state index contributed by atoms with van der Waals surface area (Å²) in [4.78, 5) is 22.3. The summed E-state index contributed by atoms with van der Waals surface area (Å²) >= 11 is 1.42. The van der Waals surface area contributed by atoms with E-state index in [0.29, 0.717) is 34.7 Å². The van der Waals surface area contributed by atoms with Crippen LogP contribution in [0.2, 0.25) is 0 Å². The van der Waals surface area contributed by atoms with Crippen molar-refractivity contribution in [3.63, 3.8) is 0 Å². The number of aromatic nitrogens is 1. The number of aliphatic imine (C=N–C) groups is 1. The van der Waals surface area contributed by atoms with Gasteiger partial charge in [-0.3, -0.25) is 15.2 Å². The lowest BCUT2D eigenvalue weighted by molar-refractivity contribution is -0.112. The normalized spacial score (nSPS) is 16.1. The highest BCUT2D eigenvalue weighted by Crippen LogP contribution is 2.32. The minimum absolute atomic E-state index is 0.0142. The van der Waals surface area contributed by atoms with Gasteiger partial charge in [0.25, 0.3) is 5.91 Å². The molecule has 44 heavy (non-hydrogen) atoms. The van der Waals surface area contributed by atoms with Crippen LogP contribution in [0.1, 0.15) is 41.4 Å². The third kappa shape index (κ3) is 6.60. The Labute approximate surface area is 259 Å². The number of sulfonamides is 1. The smallest absolute Gasteiger partial charge is 0.251 e. The topological polar surface area (TPSA) is 150 Å². The van der Waals surface area contributed by atoms with E-state index in [0.717, 1.165) is 39.9 Å². The number of para-hydroxylation sites is 1. The summed E-state index contributed by atoms with van der Waals surface area (Å²) in [6, 6.07) is 20.3. The molecule has 1 amide bonds. The molecule has 1 atom stereocenters. The van der Waals surface area contributed by atoms with Crippen LogP contribution in [0.15, 0.2) is 118 Å². The van der Waals surface area contributed by atoms with E-state index in [2.05, 4.69) is 21.1 Å². The third-order valence-electron chi connectivity index (χ3n) is 7.40. The van der Waals surface area contributed by atoms with Crippen LogP contribution < -0.4 is 15.8 Å². The van der Waals surface area contributed by atoms with Crippen molar-refractivity contribution < 1.29 is 13.2 Å². The molecular formula is C33H30N6O3S2. The monoisotopic (exact) mass is 622 g/mol. The zero-order chi connectivity index (χ0) is 30.7. The SMILES string of the molecule is N=C(N)c1cccc(CC(NS(=O)(=O)c2cccc(NC(=O)C3=CC4=C(CC/C=C\C=N4)C3)c2)c2nc3ccccc3s2)c1. The van der Waals surface area contributed by atoms with Gasteiger partial charge in [0.15, 0.2) is 0 Å². The van der Waals surface area contributed by atoms with Crippen molar-refractivity contribution in [1.82, 2.24) is 9.71 Å². The van der Waals surface area contributed by atoms with Crippen molar-refractivity contribution in [3.8, 4) is 0 Å². The van der Waals surface area contributed by atoms with Crippen molar-refractivity contribution in [1.29, 1.82) is 5.41 Å². The fourth-order valence-corrected chi connectivity index (χ4v) is 7.53. The highest BCUT2D eigenvalue weighted by atomic mass is 32.2. The number of thiazole rings is 1. The molecule has 0 fully saturated rings. The molecule has 222 valence electrons. The van der Waals surface area contributed by atoms with E-state index >= 15 is 0 Å². The van der Waals surface area contributed by atoms with Gasteiger partial charge in [0.05, 0.1) is 26.9 Å². The number of nitrogens with zero attached hydrogens (tertiary/aromatic N) is 2. The summed E-state index contributed by atoms with van der Waals surface area (Å²) in [7, 11) is -4.04. The fraction of sp³-hybridized carbons (Fsp3) is 0.152. The number of nitrogens with two attached hydrogens (primary N) is 1. The number of nitrogen functional groups attached to an aromatic ring is 1. The molecule has 0 radical (unpaired) electrons. The number of carbonyl (C=O) groups excluding carboxylic acids is 1. The Balaban J connectivity index is 1.24. The van der Waals surface area contributed by atoms with Gasteiger partial charge in [-0.05, 0) is 78.9 Å². The van der Waals surface area contributed by atoms with Gasteiger partial charge in [0.1, 0.15) is 10.8 Å². The first-order valence-corrected chi connectivity index (χ1v) is 16.4. The number of allylic oxidation sites excluding steroid dienone is 4. The van der Waals surface area contributed by atoms with Gasteiger partial charge >= 0.3 is 0 Å². The predicted molar refractivity (Wildman–Crippen MR) is 176 cm³/mol. The van der Waals surface area contributed by atoms with Gasteiger partial charge in [-0.1, -0.05) is 42.5 Å². The second-order valence-corrected chi connectivity index (χ2v) is 13.4. The first-order valence-electron chi connectivity index (χ1n) is 14.1. The molecule has 9 nitrogen and oxygen atoms in total. The maximum Gasteiger partial charge on any atom is 0.251 e. The van der Waals surface area contributed by atoms with Crippen LogP contribution in [-0.2, 0) is 21.2 Å². The summed E-state index contributed by atoms with van der Waals surface area (Å²) in [5.41, 5.74) is 10.7. The quantitative estimate of drug-likeness (QED) is 0.138. The molecule has 1 aliphatic carbocycles. The number of nitrogens with one attached hydrogen (secondary N) is 3. The zero-order valence-corrected chi connectivity index (χ0v) is 25.3. The molecule has 1 unspecified atom stereocenters. The fourth-order valence-electron chi connectivity index (χ4n) is 5.20. The van der Waals surface area contributed by atoms with Crippen molar-refractivity contribution in [3.05, 3.63) is 124 Å². The van der Waals surface area contributed by atoms with Crippen LogP contribution in [0, 0.1) is 5.41 Å². The minimum atomic E-state index is -4.04. The van der Waals surface area contributed by atoms with E-state index in [-0.39, 0.29) is 16.6 Å². The van der Waals surface area contributed by atoms with E-state index in [1.54, 1.807) is 42.6 Å². The number of hydrogen-bond donors (Lipinski definition) is 4. The van der Waals surface area contributed by atoms with Crippen molar-refractivity contribution >= 4 is 55.2 Å². The summed E-state index contributed by atoms with van der Waals surface area (Å²) in [6.07, 6.45) is 10.0. The lowest BCUT2D eigenvalue weighted by Crippen LogP contribution is -2.30. The average molecular weight is 623 g/mol. The second kappa shape index (κ2) is 12.5. The molecule has 1 aliphatic heterocycles. The number of amides is 1. The highest BCUT2D eigenvalue weighted by Gasteiger charge is 2.26. The van der Waals surface area contributed by atoms with Gasteiger partial charge in [0, 0.05) is 29.5 Å². The largest absolute Gasteiger partial charge is 0.384 e. The Morgan fingerprint density at radius 3 is 2.75 bits per heavy atom. The number of benzene rings is 3. The lowest BCUT2D eigenvalue weighted by Gasteiger charge is -2.18. The Hall–Kier alpha value is -4.71. The molecule has 0 saturated heterocycles. The van der Waals surface area contributed by atoms with Crippen LogP contribution >= 0.6 is 11.3 Å². The minimum Gasteiger partial charge on any atom is -0.384 e. The number of rotatable bonds is 9. The van der Waals surface area contributed by atoms with Gasteiger partial charge in [-0.15, -0.1) is 11.3 Å². The molecule has 2 aliphatic rings. The van der Waals surface area contributed by atoms with Crippen molar-refractivity contribution in [2.45, 2.75) is 36.6 Å². The maximum atomic E-state index is 13.8. The van der Waals surface area contributed by atoms with Gasteiger partial charge in [0.2, 0.25) is 10.0 Å². The average Bonchev–Trinajstić information content (AvgIpc) is 3.61. The number of anilines is 1. The maximum absolute atomic E-state index is 13.8. The molecule has 0 bridgehead atoms. The first-order chi connectivity index (χ1) is 21.2.